The fourth-order valence-corrected chi connectivity index (χ4v) is 4.12. The number of carbonyl (C=O) groups is 2. The number of hydrogen-bond acceptors (Lipinski definition) is 4. The highest BCUT2D eigenvalue weighted by Crippen LogP contribution is 2.33. The third-order valence-corrected chi connectivity index (χ3v) is 6.19. The topological polar surface area (TPSA) is 99.4 Å². The predicted molar refractivity (Wildman–Crippen MR) is 144 cm³/mol. The number of aryl methyl sites for hydroxylation is 1. The highest BCUT2D eigenvalue weighted by Gasteiger charge is 2.14. The van der Waals surface area contributed by atoms with E-state index < -0.39 is 11.9 Å². The van der Waals surface area contributed by atoms with E-state index in [0.29, 0.717) is 32.9 Å². The normalized spacial score (nSPS) is 10.9. The number of rotatable bonds is 9. The monoisotopic (exact) mass is 564 g/mol. The van der Waals surface area contributed by atoms with E-state index in [0.717, 1.165) is 16.7 Å². The van der Waals surface area contributed by atoms with E-state index in [9.17, 15) is 14.9 Å². The zero-order valence-corrected chi connectivity index (χ0v) is 21.7. The zero-order valence-electron chi connectivity index (χ0n) is 19.3. The van der Waals surface area contributed by atoms with Gasteiger partial charge in [-0.3, -0.25) is 4.79 Å². The summed E-state index contributed by atoms with van der Waals surface area (Å²) in [7, 11) is 0. The van der Waals surface area contributed by atoms with Crippen molar-refractivity contribution in [2.24, 2.45) is 0 Å². The lowest BCUT2D eigenvalue weighted by Gasteiger charge is -2.14. The molecule has 2 N–H and O–H groups in total. The number of anilines is 1. The van der Waals surface area contributed by atoms with Crippen molar-refractivity contribution < 1.29 is 19.4 Å². The molecule has 8 heteroatoms. The molecule has 0 aliphatic carbocycles. The number of amides is 1. The smallest absolute Gasteiger partial charge is 0.335 e. The average Bonchev–Trinajstić information content (AvgIpc) is 2.84. The summed E-state index contributed by atoms with van der Waals surface area (Å²) in [5.74, 6) is -0.953. The molecule has 0 aliphatic heterocycles. The molecule has 0 aliphatic rings. The van der Waals surface area contributed by atoms with Crippen LogP contribution in [0.3, 0.4) is 0 Å². The minimum absolute atomic E-state index is 0.0738. The average molecular weight is 566 g/mol. The number of halogens is 2. The summed E-state index contributed by atoms with van der Waals surface area (Å²) in [6.45, 7) is 5.88. The van der Waals surface area contributed by atoms with Gasteiger partial charge in [0.05, 0.1) is 10.0 Å². The van der Waals surface area contributed by atoms with E-state index in [4.69, 9.17) is 21.4 Å². The Morgan fingerprint density at radius 1 is 1.19 bits per heavy atom. The van der Waals surface area contributed by atoms with Gasteiger partial charge in [-0.1, -0.05) is 35.9 Å². The first-order valence-electron chi connectivity index (χ1n) is 10.8. The van der Waals surface area contributed by atoms with Gasteiger partial charge in [-0.15, -0.1) is 6.58 Å². The van der Waals surface area contributed by atoms with Crippen molar-refractivity contribution in [3.8, 4) is 11.8 Å². The standard InChI is InChI=1S/C28H22BrClN2O4/c1-3-4-21-11-19(12-22(15-31)27(33)32-23-10-5-17(2)25(30)14-23)13-24(29)26(21)36-16-18-6-8-20(9-7-18)28(34)35/h3,5-14H,1,4,16H2,2H3,(H,32,33)(H,34,35)/b22-12-. The van der Waals surface area contributed by atoms with Crippen LogP contribution in [0.25, 0.3) is 6.08 Å². The van der Waals surface area contributed by atoms with E-state index in [-0.39, 0.29) is 17.7 Å². The Bertz CT molecular complexity index is 1390. The SMILES string of the molecule is C=CCc1cc(/C=C(/C#N)C(=O)Nc2ccc(C)c(Cl)c2)cc(Br)c1OCc1ccc(C(=O)O)cc1. The number of nitrogens with one attached hydrogen (secondary N) is 1. The van der Waals surface area contributed by atoms with Crippen LogP contribution in [0.5, 0.6) is 5.75 Å². The van der Waals surface area contributed by atoms with E-state index in [1.807, 2.05) is 19.1 Å². The first-order valence-corrected chi connectivity index (χ1v) is 12.0. The lowest BCUT2D eigenvalue weighted by atomic mass is 10.0. The van der Waals surface area contributed by atoms with Crippen LogP contribution in [0.15, 0.2) is 77.3 Å². The minimum atomic E-state index is -0.991. The molecule has 6 nitrogen and oxygen atoms in total. The Kier molecular flexibility index (Phi) is 9.07. The minimum Gasteiger partial charge on any atom is -0.487 e. The maximum Gasteiger partial charge on any atom is 0.335 e. The Labute approximate surface area is 222 Å². The molecule has 182 valence electrons. The molecule has 3 rings (SSSR count). The van der Waals surface area contributed by atoms with Gasteiger partial charge in [0.1, 0.15) is 24.0 Å². The van der Waals surface area contributed by atoms with Gasteiger partial charge in [-0.05, 0) is 94.0 Å². The number of carboxylic acid groups (broad SMARTS) is 1. The van der Waals surface area contributed by atoms with Gasteiger partial charge in [-0.25, -0.2) is 4.79 Å². The largest absolute Gasteiger partial charge is 0.487 e. The number of carboxylic acids is 1. The number of ether oxygens (including phenoxy) is 1. The second kappa shape index (κ2) is 12.2. The van der Waals surface area contributed by atoms with Gasteiger partial charge in [0.2, 0.25) is 0 Å². The van der Waals surface area contributed by atoms with E-state index in [1.54, 1.807) is 42.5 Å². The highest BCUT2D eigenvalue weighted by atomic mass is 79.9. The maximum absolute atomic E-state index is 12.7. The number of carbonyl (C=O) groups excluding carboxylic acids is 1. The third kappa shape index (κ3) is 6.85. The molecule has 0 spiro atoms. The summed E-state index contributed by atoms with van der Waals surface area (Å²) in [6.07, 6.45) is 3.71. The van der Waals surface area contributed by atoms with Crippen LogP contribution in [0, 0.1) is 18.3 Å². The first-order chi connectivity index (χ1) is 17.2. The number of nitriles is 1. The molecule has 0 heterocycles. The molecule has 36 heavy (non-hydrogen) atoms. The van der Waals surface area contributed by atoms with Crippen LogP contribution >= 0.6 is 27.5 Å². The van der Waals surface area contributed by atoms with Gasteiger partial charge in [0.15, 0.2) is 0 Å². The molecular formula is C28H22BrClN2O4. The van der Waals surface area contributed by atoms with Crippen molar-refractivity contribution in [2.75, 3.05) is 5.32 Å². The highest BCUT2D eigenvalue weighted by molar-refractivity contribution is 9.10. The van der Waals surface area contributed by atoms with Crippen LogP contribution in [0.1, 0.15) is 32.6 Å². The van der Waals surface area contributed by atoms with Crippen LogP contribution < -0.4 is 10.1 Å². The summed E-state index contributed by atoms with van der Waals surface area (Å²) in [6, 6.07) is 17.1. The molecular weight excluding hydrogens is 544 g/mol. The fraction of sp³-hybridized carbons (Fsp3) is 0.107. The van der Waals surface area contributed by atoms with E-state index in [1.165, 1.54) is 18.2 Å². The second-order valence-electron chi connectivity index (χ2n) is 7.86. The Morgan fingerprint density at radius 3 is 2.53 bits per heavy atom. The molecule has 0 saturated carbocycles. The molecule has 0 unspecified atom stereocenters. The van der Waals surface area contributed by atoms with Crippen molar-refractivity contribution in [1.29, 1.82) is 5.26 Å². The molecule has 0 fully saturated rings. The molecule has 3 aromatic carbocycles. The number of hydrogen-bond donors (Lipinski definition) is 2. The molecule has 0 saturated heterocycles. The third-order valence-electron chi connectivity index (χ3n) is 5.20. The van der Waals surface area contributed by atoms with Gasteiger partial charge >= 0.3 is 5.97 Å². The first kappa shape index (κ1) is 26.7. The Balaban J connectivity index is 1.83. The van der Waals surface area contributed by atoms with Crippen LogP contribution in [-0.4, -0.2) is 17.0 Å². The van der Waals surface area contributed by atoms with Crippen molar-refractivity contribution >= 4 is 51.2 Å². The number of benzene rings is 3. The summed E-state index contributed by atoms with van der Waals surface area (Å²) in [4.78, 5) is 23.7. The van der Waals surface area contributed by atoms with Crippen molar-refractivity contribution in [3.63, 3.8) is 0 Å². The molecule has 0 bridgehead atoms. The molecule has 3 aromatic rings. The molecule has 0 aromatic heterocycles. The Morgan fingerprint density at radius 2 is 1.92 bits per heavy atom. The number of nitrogens with zero attached hydrogens (tertiary/aromatic N) is 1. The van der Waals surface area contributed by atoms with E-state index in [2.05, 4.69) is 27.8 Å². The van der Waals surface area contributed by atoms with Crippen LogP contribution in [0.4, 0.5) is 5.69 Å². The van der Waals surface area contributed by atoms with Crippen LogP contribution in [-0.2, 0) is 17.8 Å². The lowest BCUT2D eigenvalue weighted by molar-refractivity contribution is -0.112. The molecule has 1 amide bonds. The summed E-state index contributed by atoms with van der Waals surface area (Å²) < 4.78 is 6.66. The summed E-state index contributed by atoms with van der Waals surface area (Å²) >= 11 is 9.65. The second-order valence-corrected chi connectivity index (χ2v) is 9.12. The van der Waals surface area contributed by atoms with Gasteiger partial charge in [-0.2, -0.15) is 5.26 Å². The van der Waals surface area contributed by atoms with Gasteiger partial charge in [0, 0.05) is 10.7 Å². The van der Waals surface area contributed by atoms with Crippen LogP contribution in [0.2, 0.25) is 5.02 Å². The van der Waals surface area contributed by atoms with Crippen molar-refractivity contribution in [3.05, 3.63) is 110 Å². The lowest BCUT2D eigenvalue weighted by Crippen LogP contribution is -2.13. The zero-order chi connectivity index (χ0) is 26.2. The van der Waals surface area contributed by atoms with Gasteiger partial charge < -0.3 is 15.2 Å². The molecule has 0 radical (unpaired) electrons. The number of allylic oxidation sites excluding steroid dienone is 1. The number of aromatic carboxylic acids is 1. The van der Waals surface area contributed by atoms with Crippen molar-refractivity contribution in [2.45, 2.75) is 20.0 Å². The maximum atomic E-state index is 12.7. The van der Waals surface area contributed by atoms with Crippen molar-refractivity contribution in [1.82, 2.24) is 0 Å². The fourth-order valence-electron chi connectivity index (χ4n) is 3.31. The Hall–Kier alpha value is -3.86. The van der Waals surface area contributed by atoms with E-state index >= 15 is 0 Å². The molecule has 0 atom stereocenters. The quantitative estimate of drug-likeness (QED) is 0.166. The summed E-state index contributed by atoms with van der Waals surface area (Å²) in [5.41, 5.74) is 3.73. The predicted octanol–water partition coefficient (Wildman–Crippen LogP) is 6.96. The summed E-state index contributed by atoms with van der Waals surface area (Å²) in [5, 5.41) is 21.9. The van der Waals surface area contributed by atoms with Gasteiger partial charge in [0.25, 0.3) is 5.91 Å².